The van der Waals surface area contributed by atoms with Crippen LogP contribution in [0.5, 0.6) is 0 Å². The van der Waals surface area contributed by atoms with E-state index in [1.54, 1.807) is 0 Å². The summed E-state index contributed by atoms with van der Waals surface area (Å²) in [5.74, 6) is 1.81. The van der Waals surface area contributed by atoms with Crippen molar-refractivity contribution in [3.8, 4) is 0 Å². The molecular weight excluding hydrogens is 256 g/mol. The van der Waals surface area contributed by atoms with E-state index in [0.717, 1.165) is 17.9 Å². The molecule has 1 aliphatic carbocycles. The Morgan fingerprint density at radius 3 is 2.52 bits per heavy atom. The second-order valence-corrected chi connectivity index (χ2v) is 7.93. The molecule has 2 fully saturated rings. The van der Waals surface area contributed by atoms with Crippen molar-refractivity contribution in [1.29, 1.82) is 0 Å². The average molecular weight is 295 g/mol. The third-order valence-corrected chi connectivity index (χ3v) is 6.41. The van der Waals surface area contributed by atoms with Gasteiger partial charge in [0.15, 0.2) is 0 Å². The Labute approximate surface area is 133 Å². The van der Waals surface area contributed by atoms with Crippen LogP contribution in [0.15, 0.2) is 0 Å². The Hall–Kier alpha value is -0.0800. The van der Waals surface area contributed by atoms with Crippen LogP contribution < -0.4 is 5.32 Å². The van der Waals surface area contributed by atoms with E-state index >= 15 is 0 Å². The van der Waals surface area contributed by atoms with Gasteiger partial charge in [-0.15, -0.1) is 0 Å². The van der Waals surface area contributed by atoms with E-state index in [2.05, 4.69) is 37.9 Å². The molecule has 1 saturated heterocycles. The van der Waals surface area contributed by atoms with Gasteiger partial charge >= 0.3 is 0 Å². The lowest BCUT2D eigenvalue weighted by Gasteiger charge is -2.38. The molecule has 0 amide bonds. The number of hydrogen-bond acceptors (Lipinski definition) is 2. The molecule has 0 spiro atoms. The Morgan fingerprint density at radius 1 is 1.14 bits per heavy atom. The topological polar surface area (TPSA) is 15.3 Å². The smallest absolute Gasteiger partial charge is 0.0108 e. The lowest BCUT2D eigenvalue weighted by atomic mass is 9.78. The predicted octanol–water partition coefficient (Wildman–Crippen LogP) is 4.30. The second kappa shape index (κ2) is 7.97. The first-order valence-corrected chi connectivity index (χ1v) is 9.58. The molecule has 1 aliphatic heterocycles. The highest BCUT2D eigenvalue weighted by atomic mass is 15.2. The first-order valence-electron chi connectivity index (χ1n) is 9.58. The minimum atomic E-state index is 0.632. The molecule has 0 aromatic heterocycles. The maximum atomic E-state index is 3.84. The van der Waals surface area contributed by atoms with Crippen molar-refractivity contribution in [2.24, 2.45) is 17.3 Å². The monoisotopic (exact) mass is 294 g/mol. The normalized spacial score (nSPS) is 33.4. The van der Waals surface area contributed by atoms with E-state index in [-0.39, 0.29) is 0 Å². The molecule has 0 radical (unpaired) electrons. The van der Waals surface area contributed by atoms with Gasteiger partial charge in [0, 0.05) is 19.1 Å². The molecule has 21 heavy (non-hydrogen) atoms. The summed E-state index contributed by atoms with van der Waals surface area (Å²) < 4.78 is 0. The lowest BCUT2D eigenvalue weighted by molar-refractivity contribution is 0.147. The van der Waals surface area contributed by atoms with Gasteiger partial charge in [-0.05, 0) is 75.3 Å². The molecule has 3 atom stereocenters. The van der Waals surface area contributed by atoms with Crippen molar-refractivity contribution >= 4 is 0 Å². The third-order valence-electron chi connectivity index (χ3n) is 6.41. The maximum Gasteiger partial charge on any atom is 0.0108 e. The van der Waals surface area contributed by atoms with Gasteiger partial charge in [-0.3, -0.25) is 0 Å². The average Bonchev–Trinajstić information content (AvgIpc) is 2.90. The lowest BCUT2D eigenvalue weighted by Crippen LogP contribution is -2.45. The molecule has 2 heteroatoms. The van der Waals surface area contributed by atoms with Crippen LogP contribution in [-0.4, -0.2) is 37.1 Å². The first-order chi connectivity index (χ1) is 10.1. The Kier molecular flexibility index (Phi) is 6.55. The number of rotatable bonds is 7. The van der Waals surface area contributed by atoms with Crippen LogP contribution in [0.25, 0.3) is 0 Å². The van der Waals surface area contributed by atoms with Gasteiger partial charge in [0.1, 0.15) is 0 Å². The maximum absolute atomic E-state index is 3.84. The molecular formula is C19H38N2. The highest BCUT2D eigenvalue weighted by Crippen LogP contribution is 2.38. The van der Waals surface area contributed by atoms with E-state index in [9.17, 15) is 0 Å². The zero-order valence-corrected chi connectivity index (χ0v) is 15.0. The second-order valence-electron chi connectivity index (χ2n) is 7.93. The fraction of sp³-hybridized carbons (Fsp3) is 1.00. The van der Waals surface area contributed by atoms with Crippen molar-refractivity contribution in [3.63, 3.8) is 0 Å². The van der Waals surface area contributed by atoms with Crippen LogP contribution in [0.2, 0.25) is 0 Å². The summed E-state index contributed by atoms with van der Waals surface area (Å²) in [6.45, 7) is 14.7. The summed E-state index contributed by atoms with van der Waals surface area (Å²) in [7, 11) is 0. The largest absolute Gasteiger partial charge is 0.314 e. The van der Waals surface area contributed by atoms with E-state index in [4.69, 9.17) is 0 Å². The summed E-state index contributed by atoms with van der Waals surface area (Å²) >= 11 is 0. The summed E-state index contributed by atoms with van der Waals surface area (Å²) in [6.07, 6.45) is 9.66. The summed E-state index contributed by atoms with van der Waals surface area (Å²) in [4.78, 5) is 2.79. The van der Waals surface area contributed by atoms with Crippen molar-refractivity contribution in [2.75, 3.05) is 26.2 Å². The SMILES string of the molecule is CCCNC1CCC(C)CC1CN1CCC(CC)(CC)C1. The Balaban J connectivity index is 1.89. The Morgan fingerprint density at radius 2 is 1.90 bits per heavy atom. The van der Waals surface area contributed by atoms with E-state index in [1.165, 1.54) is 71.1 Å². The zero-order chi connectivity index (χ0) is 15.3. The zero-order valence-electron chi connectivity index (χ0n) is 15.0. The number of likely N-dealkylation sites (tertiary alicyclic amines) is 1. The quantitative estimate of drug-likeness (QED) is 0.753. The van der Waals surface area contributed by atoms with Gasteiger partial charge in [0.25, 0.3) is 0 Å². The molecule has 1 heterocycles. The summed E-state index contributed by atoms with van der Waals surface area (Å²) in [5.41, 5.74) is 0.632. The highest BCUT2D eigenvalue weighted by Gasteiger charge is 2.37. The van der Waals surface area contributed by atoms with Gasteiger partial charge in [-0.25, -0.2) is 0 Å². The van der Waals surface area contributed by atoms with Crippen LogP contribution in [0.3, 0.4) is 0 Å². The summed E-state index contributed by atoms with van der Waals surface area (Å²) in [5, 5.41) is 3.84. The van der Waals surface area contributed by atoms with Gasteiger partial charge in [-0.2, -0.15) is 0 Å². The molecule has 1 saturated carbocycles. The molecule has 0 aromatic carbocycles. The minimum Gasteiger partial charge on any atom is -0.314 e. The Bertz CT molecular complexity index is 296. The molecule has 0 bridgehead atoms. The van der Waals surface area contributed by atoms with Crippen LogP contribution in [0, 0.1) is 17.3 Å². The fourth-order valence-corrected chi connectivity index (χ4v) is 4.64. The van der Waals surface area contributed by atoms with Gasteiger partial charge in [0.2, 0.25) is 0 Å². The van der Waals surface area contributed by atoms with Crippen LogP contribution in [-0.2, 0) is 0 Å². The van der Waals surface area contributed by atoms with Crippen LogP contribution in [0.4, 0.5) is 0 Å². The highest BCUT2D eigenvalue weighted by molar-refractivity contribution is 4.91. The van der Waals surface area contributed by atoms with Gasteiger partial charge < -0.3 is 10.2 Å². The van der Waals surface area contributed by atoms with Crippen molar-refractivity contribution in [3.05, 3.63) is 0 Å². The number of nitrogens with zero attached hydrogens (tertiary/aromatic N) is 1. The summed E-state index contributed by atoms with van der Waals surface area (Å²) in [6, 6.07) is 0.777. The number of nitrogens with one attached hydrogen (secondary N) is 1. The number of hydrogen-bond donors (Lipinski definition) is 1. The van der Waals surface area contributed by atoms with Gasteiger partial charge in [0.05, 0.1) is 0 Å². The molecule has 3 unspecified atom stereocenters. The van der Waals surface area contributed by atoms with E-state index in [0.29, 0.717) is 5.41 Å². The van der Waals surface area contributed by atoms with E-state index in [1.807, 2.05) is 0 Å². The molecule has 2 rings (SSSR count). The minimum absolute atomic E-state index is 0.632. The molecule has 2 nitrogen and oxygen atoms in total. The first kappa shape index (κ1) is 17.3. The van der Waals surface area contributed by atoms with Crippen molar-refractivity contribution in [2.45, 2.75) is 78.7 Å². The fourth-order valence-electron chi connectivity index (χ4n) is 4.64. The molecule has 0 aromatic rings. The van der Waals surface area contributed by atoms with E-state index < -0.39 is 0 Å². The third kappa shape index (κ3) is 4.45. The van der Waals surface area contributed by atoms with Crippen LogP contribution >= 0.6 is 0 Å². The predicted molar refractivity (Wildman–Crippen MR) is 92.7 cm³/mol. The van der Waals surface area contributed by atoms with Gasteiger partial charge in [-0.1, -0.05) is 27.7 Å². The molecule has 124 valence electrons. The van der Waals surface area contributed by atoms with Crippen molar-refractivity contribution in [1.82, 2.24) is 10.2 Å². The molecule has 2 aliphatic rings. The van der Waals surface area contributed by atoms with Crippen LogP contribution in [0.1, 0.15) is 72.6 Å². The molecule has 1 N–H and O–H groups in total. The van der Waals surface area contributed by atoms with Crippen molar-refractivity contribution < 1.29 is 0 Å². The standard InChI is InChI=1S/C19H38N2/c1-5-11-20-18-9-8-16(4)13-17(18)14-21-12-10-19(6-2,7-3)15-21/h16-18,20H,5-15H2,1-4H3.